The number of benzene rings is 5. The number of ether oxygens (including phenoxy) is 1. The number of primary amides is 1. The van der Waals surface area contributed by atoms with E-state index in [1.807, 2.05) is 0 Å². The summed E-state index contributed by atoms with van der Waals surface area (Å²) < 4.78 is 5.02. The number of ketones is 1. The van der Waals surface area contributed by atoms with Gasteiger partial charge in [-0.15, -0.1) is 0 Å². The van der Waals surface area contributed by atoms with Gasteiger partial charge >= 0.3 is 6.09 Å². The largest absolute Gasteiger partial charge is 0.508 e. The molecule has 0 saturated carbocycles. The summed E-state index contributed by atoms with van der Waals surface area (Å²) in [6.07, 6.45) is 0.333. The molecule has 15 N–H and O–H groups in total. The number of amides is 16. The molecular formula is C92H121N17O21. The number of hydrogen-bond donors (Lipinski definition) is 14. The number of hydrogen-bond acceptors (Lipinski definition) is 22. The maximum absolute atomic E-state index is 15.6. The number of nitrogens with zero attached hydrogens (tertiary/aromatic N) is 6. The number of aliphatic hydroxyl groups excluding tert-OH is 1. The van der Waals surface area contributed by atoms with Gasteiger partial charge in [-0.25, -0.2) is 4.79 Å². The number of phenolic OH excluding ortho intramolecular Hbond substituents is 2. The minimum absolute atomic E-state index is 0.0138. The number of Topliss-reactive ketones (excluding diaryl/α,β-unsaturated/α-hetero) is 1. The number of carbonyl (C=O) groups excluding carboxylic acids is 17. The Kier molecular flexibility index (Phi) is 39.3. The SMILES string of the molecule is C=CCOC(=O)NCCCC[C@@H]1NC(=O)CNC(=O)[C@H](CO)NC(=O)[C@H](C(C)C)NC(=O)[C@H](Cc2ccc(O)cc2)NC(=O)[C@H](C)N(C)C(=O)[C@@H]2CCCN2C(=O)[C@H](Cc2ccccc2)CC(=O)CNC[C@@H](C(=O)NCC(N)=O)NC(=O)[C@@H]2CCCN2C(=O)[C@H](Cc2ccccc2)N(C)C(=O)[C@H](Cc2ccc(O)cc2)NC(=O)CN(C)C(=O)[C@H](Cc2ccccc2)N(C)C1=O. The van der Waals surface area contributed by atoms with Crippen LogP contribution in [0.3, 0.4) is 0 Å². The van der Waals surface area contributed by atoms with Crippen molar-refractivity contribution in [2.45, 2.75) is 171 Å². The van der Waals surface area contributed by atoms with Crippen LogP contribution in [0.1, 0.15) is 100.0 Å². The van der Waals surface area contributed by atoms with E-state index in [1.54, 1.807) is 105 Å². The fraction of sp³-hybridized carbons (Fsp3) is 0.467. The lowest BCUT2D eigenvalue weighted by Gasteiger charge is -2.35. The zero-order valence-corrected chi connectivity index (χ0v) is 74.3. The highest BCUT2D eigenvalue weighted by Gasteiger charge is 2.45. The number of aliphatic hydroxyl groups is 1. The second kappa shape index (κ2) is 50.2. The number of nitrogens with two attached hydrogens (primary N) is 1. The minimum Gasteiger partial charge on any atom is -0.508 e. The van der Waals surface area contributed by atoms with Crippen molar-refractivity contribution in [3.05, 3.63) is 180 Å². The van der Waals surface area contributed by atoms with Gasteiger partial charge in [0.25, 0.3) is 0 Å². The van der Waals surface area contributed by atoms with Gasteiger partial charge in [0, 0.05) is 92.4 Å². The number of aromatic hydroxyl groups is 2. The number of rotatable bonds is 22. The van der Waals surface area contributed by atoms with E-state index in [1.165, 1.54) is 99.5 Å². The van der Waals surface area contributed by atoms with E-state index in [0.29, 0.717) is 34.2 Å². The van der Waals surface area contributed by atoms with Crippen LogP contribution < -0.4 is 58.9 Å². The molecule has 3 fully saturated rings. The van der Waals surface area contributed by atoms with Gasteiger partial charge in [-0.3, -0.25) is 76.7 Å². The van der Waals surface area contributed by atoms with Crippen LogP contribution in [0.4, 0.5) is 4.79 Å². The van der Waals surface area contributed by atoms with Gasteiger partial charge in [-0.1, -0.05) is 142 Å². The summed E-state index contributed by atoms with van der Waals surface area (Å²) >= 11 is 0. The summed E-state index contributed by atoms with van der Waals surface area (Å²) in [6, 6.07) is 21.2. The number of unbranched alkanes of at least 4 members (excludes halogenated alkanes) is 1. The first-order valence-corrected chi connectivity index (χ1v) is 43.4. The number of nitrogens with one attached hydrogen (secondary N) is 10. The van der Waals surface area contributed by atoms with Crippen molar-refractivity contribution in [1.82, 2.24) is 82.6 Å². The Morgan fingerprint density at radius 2 is 1.04 bits per heavy atom. The van der Waals surface area contributed by atoms with Crippen LogP contribution in [-0.2, 0) is 114 Å². The molecule has 130 heavy (non-hydrogen) atoms. The van der Waals surface area contributed by atoms with E-state index in [-0.39, 0.29) is 108 Å². The molecule has 700 valence electrons. The van der Waals surface area contributed by atoms with Crippen LogP contribution in [0.5, 0.6) is 11.5 Å². The predicted molar refractivity (Wildman–Crippen MR) is 475 cm³/mol. The standard InChI is InChI=1S/C92H121N17O21/c1-9-43-130-92(129)95-40-20-19-29-67-87(124)106(7)74(47-59-25-15-11-16-26-59)89(126)104(5)54-78(116)99-69(46-62-34-38-65(112)39-35-62)88(125)107(8)75(48-60-27-17-12-18-28-60)91(128)108-41-21-30-72(108)84(121)101-70(81(118)96-52-76(93)114)51-94-50-66(113)49-63(44-58-23-13-10-14-24-58)86(123)109-42-22-31-73(109)90(127)105(6)57(4)80(117)100-68(45-61-32-36-64(111)37-33-61)83(120)103-79(56(2)3)85(122)102-71(55-110)82(119)97-53-77(115)98-67/h9-18,23-28,32-39,56-57,63,67-75,79,94,110-112H,1,19-22,29-31,40-55H2,2-8H3,(H2,93,114)(H,95,129)(H,96,118)(H,97,119)(H,98,115)(H,99,116)(H,100,117)(H,101,121)(H,102,122)(H,103,120)/t57-,63+,67-,68-,69-,70-,71-,72-,73-,74-,75-,79-/m0/s1. The van der Waals surface area contributed by atoms with Crippen LogP contribution in [0, 0.1) is 11.8 Å². The fourth-order valence-corrected chi connectivity index (χ4v) is 15.6. The van der Waals surface area contributed by atoms with E-state index in [4.69, 9.17) is 10.5 Å². The maximum atomic E-state index is 15.6. The lowest BCUT2D eigenvalue weighted by molar-refractivity contribution is -0.149. The first-order chi connectivity index (χ1) is 62.0. The third-order valence-corrected chi connectivity index (χ3v) is 23.0. The molecule has 0 spiro atoms. The smallest absolute Gasteiger partial charge is 0.407 e. The zero-order valence-electron chi connectivity index (χ0n) is 74.3. The third kappa shape index (κ3) is 30.3. The van der Waals surface area contributed by atoms with Crippen LogP contribution in [-0.4, -0.2) is 305 Å². The Hall–Kier alpha value is -13.7. The fourth-order valence-electron chi connectivity index (χ4n) is 15.6. The molecular weight excluding hydrogens is 1680 g/mol. The Balaban J connectivity index is 1.15. The minimum atomic E-state index is -1.79. The van der Waals surface area contributed by atoms with Gasteiger partial charge in [0.15, 0.2) is 0 Å². The van der Waals surface area contributed by atoms with Gasteiger partial charge in [0.05, 0.1) is 32.8 Å². The lowest BCUT2D eigenvalue weighted by Crippen LogP contribution is -2.61. The van der Waals surface area contributed by atoms with Crippen molar-refractivity contribution in [3.63, 3.8) is 0 Å². The van der Waals surface area contributed by atoms with Crippen molar-refractivity contribution in [2.75, 3.05) is 93.8 Å². The van der Waals surface area contributed by atoms with Crippen LogP contribution >= 0.6 is 0 Å². The quantitative estimate of drug-likeness (QED) is 0.0295. The predicted octanol–water partition coefficient (Wildman–Crippen LogP) is -0.912. The number of carbonyl (C=O) groups is 17. The Bertz CT molecular complexity index is 4780. The average Bonchev–Trinajstić information content (AvgIpc) is 1.07. The summed E-state index contributed by atoms with van der Waals surface area (Å²) in [6.45, 7) is 3.68. The number of likely N-dealkylation sites (N-methyl/N-ethyl adjacent to an activating group) is 4. The number of alkyl carbamates (subject to hydrolysis) is 1. The third-order valence-electron chi connectivity index (χ3n) is 23.0. The molecule has 16 amide bonds. The first kappa shape index (κ1) is 102. The summed E-state index contributed by atoms with van der Waals surface area (Å²) in [5.74, 6) is -15.6. The van der Waals surface area contributed by atoms with Crippen molar-refractivity contribution in [3.8, 4) is 11.5 Å². The highest BCUT2D eigenvalue weighted by Crippen LogP contribution is 2.28. The first-order valence-electron chi connectivity index (χ1n) is 43.4. The zero-order chi connectivity index (χ0) is 94.8. The molecule has 0 aromatic heterocycles. The average molecular weight is 1800 g/mol. The van der Waals surface area contributed by atoms with Gasteiger partial charge in [0.2, 0.25) is 88.6 Å². The van der Waals surface area contributed by atoms with Crippen molar-refractivity contribution >= 4 is 100 Å². The second-order valence-corrected chi connectivity index (χ2v) is 33.1. The maximum Gasteiger partial charge on any atom is 0.407 e. The van der Waals surface area contributed by atoms with E-state index >= 15 is 24.0 Å². The van der Waals surface area contributed by atoms with E-state index in [9.17, 15) is 72.9 Å². The second-order valence-electron chi connectivity index (χ2n) is 33.1. The van der Waals surface area contributed by atoms with Gasteiger partial charge in [-0.05, 0) is 116 Å². The monoisotopic (exact) mass is 1800 g/mol. The molecule has 0 radical (unpaired) electrons. The molecule has 3 heterocycles. The van der Waals surface area contributed by atoms with Crippen molar-refractivity contribution in [1.29, 1.82) is 0 Å². The molecule has 5 aromatic rings. The van der Waals surface area contributed by atoms with E-state index < -0.39 is 225 Å². The molecule has 3 aliphatic heterocycles. The van der Waals surface area contributed by atoms with E-state index in [0.717, 1.165) is 19.6 Å². The van der Waals surface area contributed by atoms with Gasteiger partial charge < -0.3 is 108 Å². The summed E-state index contributed by atoms with van der Waals surface area (Å²) in [4.78, 5) is 253. The van der Waals surface area contributed by atoms with Gasteiger partial charge in [0.1, 0.15) is 90.3 Å². The summed E-state index contributed by atoms with van der Waals surface area (Å²) in [5, 5.41) is 57.3. The topological polar surface area (TPSA) is 526 Å². The molecule has 38 heteroatoms. The van der Waals surface area contributed by atoms with Crippen molar-refractivity contribution < 1.29 is 102 Å². The molecule has 38 nitrogen and oxygen atoms in total. The summed E-state index contributed by atoms with van der Waals surface area (Å²) in [5.41, 5.74) is 8.06. The van der Waals surface area contributed by atoms with Crippen LogP contribution in [0.15, 0.2) is 152 Å². The Morgan fingerprint density at radius 1 is 0.523 bits per heavy atom. The molecule has 12 atom stereocenters. The number of phenols is 2. The van der Waals surface area contributed by atoms with Gasteiger partial charge in [-0.2, -0.15) is 0 Å². The number of fused-ring (bicyclic) bond motifs is 2. The molecule has 8 rings (SSSR count). The molecule has 3 aliphatic rings. The lowest BCUT2D eigenvalue weighted by atomic mass is 9.92. The van der Waals surface area contributed by atoms with Crippen LogP contribution in [0.2, 0.25) is 0 Å². The molecule has 3 saturated heterocycles. The molecule has 0 aliphatic carbocycles. The summed E-state index contributed by atoms with van der Waals surface area (Å²) in [7, 11) is 5.26. The highest BCUT2D eigenvalue weighted by molar-refractivity contribution is 6.01. The van der Waals surface area contributed by atoms with Crippen molar-refractivity contribution in [2.24, 2.45) is 17.6 Å². The normalized spacial score (nSPS) is 23.5. The molecule has 5 aromatic carbocycles. The highest BCUT2D eigenvalue weighted by atomic mass is 16.5. The van der Waals surface area contributed by atoms with E-state index in [2.05, 4.69) is 59.7 Å². The Labute approximate surface area is 754 Å². The Morgan fingerprint density at radius 3 is 1.59 bits per heavy atom. The van der Waals surface area contributed by atoms with Crippen LogP contribution in [0.25, 0.3) is 0 Å². The molecule has 0 unspecified atom stereocenters. The molecule has 0 bridgehead atoms.